The lowest BCUT2D eigenvalue weighted by molar-refractivity contribution is 0.483. The summed E-state index contributed by atoms with van der Waals surface area (Å²) in [5.41, 5.74) is 2.58. The molecule has 1 saturated carbocycles. The van der Waals surface area contributed by atoms with Crippen molar-refractivity contribution in [2.24, 2.45) is 5.92 Å². The highest BCUT2D eigenvalue weighted by Crippen LogP contribution is 2.37. The molecule has 1 fully saturated rings. The van der Waals surface area contributed by atoms with Crippen LogP contribution in [0.2, 0.25) is 0 Å². The van der Waals surface area contributed by atoms with Crippen LogP contribution in [0.25, 0.3) is 11.0 Å². The predicted octanol–water partition coefficient (Wildman–Crippen LogP) is 3.93. The van der Waals surface area contributed by atoms with E-state index in [4.69, 9.17) is 17.5 Å². The SMILES string of the molecule is CC(CC1CC1)n1c(=S)[nH]c2c(C#N)cccc21. The van der Waals surface area contributed by atoms with E-state index in [0.29, 0.717) is 11.6 Å². The molecule has 1 unspecified atom stereocenters. The van der Waals surface area contributed by atoms with E-state index in [-0.39, 0.29) is 0 Å². The van der Waals surface area contributed by atoms with Gasteiger partial charge in [-0.25, -0.2) is 0 Å². The second-order valence-corrected chi connectivity index (χ2v) is 5.53. The molecule has 0 spiro atoms. The molecule has 1 aromatic carbocycles. The second kappa shape index (κ2) is 4.25. The molecule has 0 bridgehead atoms. The molecule has 92 valence electrons. The van der Waals surface area contributed by atoms with Crippen molar-refractivity contribution in [3.63, 3.8) is 0 Å². The fraction of sp³-hybridized carbons (Fsp3) is 0.429. The van der Waals surface area contributed by atoms with Crippen LogP contribution in [0.1, 0.15) is 37.8 Å². The van der Waals surface area contributed by atoms with Crippen molar-refractivity contribution in [1.29, 1.82) is 5.26 Å². The Bertz CT molecular complexity index is 685. The first-order chi connectivity index (χ1) is 8.70. The maximum Gasteiger partial charge on any atom is 0.178 e. The Labute approximate surface area is 111 Å². The lowest BCUT2D eigenvalue weighted by atomic mass is 10.1. The summed E-state index contributed by atoms with van der Waals surface area (Å²) in [7, 11) is 0. The fourth-order valence-electron chi connectivity index (χ4n) is 2.62. The molecule has 4 heteroatoms. The van der Waals surface area contributed by atoms with E-state index in [1.165, 1.54) is 19.3 Å². The van der Waals surface area contributed by atoms with E-state index in [0.717, 1.165) is 21.7 Å². The van der Waals surface area contributed by atoms with Crippen molar-refractivity contribution in [2.75, 3.05) is 0 Å². The Morgan fingerprint density at radius 2 is 2.33 bits per heavy atom. The van der Waals surface area contributed by atoms with Crippen molar-refractivity contribution < 1.29 is 0 Å². The number of nitriles is 1. The predicted molar refractivity (Wildman–Crippen MR) is 73.9 cm³/mol. The first-order valence-corrected chi connectivity index (χ1v) is 6.75. The number of H-pyrrole nitrogens is 1. The monoisotopic (exact) mass is 257 g/mol. The minimum atomic E-state index is 0.396. The topological polar surface area (TPSA) is 44.5 Å². The number of hydrogen-bond acceptors (Lipinski definition) is 2. The van der Waals surface area contributed by atoms with Crippen molar-refractivity contribution in [3.05, 3.63) is 28.5 Å². The highest BCUT2D eigenvalue weighted by atomic mass is 32.1. The molecule has 1 aromatic heterocycles. The summed E-state index contributed by atoms with van der Waals surface area (Å²) >= 11 is 5.41. The van der Waals surface area contributed by atoms with Crippen LogP contribution in [0.15, 0.2) is 18.2 Å². The third-order valence-electron chi connectivity index (χ3n) is 3.69. The minimum Gasteiger partial charge on any atom is -0.329 e. The number of para-hydroxylation sites is 1. The molecule has 0 radical (unpaired) electrons. The minimum absolute atomic E-state index is 0.396. The summed E-state index contributed by atoms with van der Waals surface area (Å²) in [4.78, 5) is 3.18. The average Bonchev–Trinajstić information content (AvgIpc) is 3.08. The zero-order valence-corrected chi connectivity index (χ0v) is 11.1. The summed E-state index contributed by atoms with van der Waals surface area (Å²) in [6.07, 6.45) is 3.88. The van der Waals surface area contributed by atoms with Gasteiger partial charge in [-0.05, 0) is 43.6 Å². The van der Waals surface area contributed by atoms with Crippen LogP contribution < -0.4 is 0 Å². The van der Waals surface area contributed by atoms with Crippen molar-refractivity contribution in [3.8, 4) is 6.07 Å². The van der Waals surface area contributed by atoms with E-state index in [2.05, 4.69) is 22.5 Å². The molecule has 1 atom stereocenters. The molecular weight excluding hydrogens is 242 g/mol. The molecule has 18 heavy (non-hydrogen) atoms. The third kappa shape index (κ3) is 1.85. The largest absolute Gasteiger partial charge is 0.329 e. The molecule has 1 N–H and O–H groups in total. The summed E-state index contributed by atoms with van der Waals surface area (Å²) in [6.45, 7) is 2.21. The lowest BCUT2D eigenvalue weighted by Crippen LogP contribution is -2.05. The van der Waals surface area contributed by atoms with Crippen LogP contribution in [-0.4, -0.2) is 9.55 Å². The van der Waals surface area contributed by atoms with Crippen LogP contribution in [0.3, 0.4) is 0 Å². The molecule has 0 amide bonds. The Morgan fingerprint density at radius 1 is 1.56 bits per heavy atom. The molecule has 0 aliphatic heterocycles. The smallest absolute Gasteiger partial charge is 0.178 e. The summed E-state index contributed by atoms with van der Waals surface area (Å²) in [5, 5.41) is 9.12. The number of fused-ring (bicyclic) bond motifs is 1. The van der Waals surface area contributed by atoms with Gasteiger partial charge in [0.1, 0.15) is 6.07 Å². The Kier molecular flexibility index (Phi) is 2.71. The quantitative estimate of drug-likeness (QED) is 0.847. The zero-order chi connectivity index (χ0) is 12.7. The molecule has 1 heterocycles. The number of imidazole rings is 1. The number of benzene rings is 1. The van der Waals surface area contributed by atoms with Crippen LogP contribution in [0.5, 0.6) is 0 Å². The van der Waals surface area contributed by atoms with Gasteiger partial charge >= 0.3 is 0 Å². The van der Waals surface area contributed by atoms with Gasteiger partial charge in [0.2, 0.25) is 0 Å². The van der Waals surface area contributed by atoms with E-state index < -0.39 is 0 Å². The number of rotatable bonds is 3. The Balaban J connectivity index is 2.13. The zero-order valence-electron chi connectivity index (χ0n) is 10.3. The van der Waals surface area contributed by atoms with Crippen LogP contribution >= 0.6 is 12.2 Å². The molecule has 1 aliphatic carbocycles. The number of aromatic nitrogens is 2. The Hall–Kier alpha value is -1.60. The first kappa shape index (κ1) is 11.5. The molecule has 1 aliphatic rings. The van der Waals surface area contributed by atoms with Gasteiger partial charge in [-0.15, -0.1) is 0 Å². The highest BCUT2D eigenvalue weighted by molar-refractivity contribution is 7.71. The number of nitrogens with zero attached hydrogens (tertiary/aromatic N) is 2. The summed E-state index contributed by atoms with van der Waals surface area (Å²) in [5.74, 6) is 0.867. The van der Waals surface area contributed by atoms with Gasteiger partial charge in [0.15, 0.2) is 4.77 Å². The summed E-state index contributed by atoms with van der Waals surface area (Å²) in [6, 6.07) is 8.38. The van der Waals surface area contributed by atoms with Crippen molar-refractivity contribution >= 4 is 23.3 Å². The van der Waals surface area contributed by atoms with Gasteiger partial charge in [-0.2, -0.15) is 5.26 Å². The van der Waals surface area contributed by atoms with Crippen molar-refractivity contribution in [1.82, 2.24) is 9.55 Å². The van der Waals surface area contributed by atoms with Gasteiger partial charge in [-0.1, -0.05) is 18.9 Å². The second-order valence-electron chi connectivity index (χ2n) is 5.14. The van der Waals surface area contributed by atoms with E-state index in [9.17, 15) is 0 Å². The normalized spacial score (nSPS) is 16.7. The van der Waals surface area contributed by atoms with Crippen LogP contribution in [0, 0.1) is 22.0 Å². The number of hydrogen-bond donors (Lipinski definition) is 1. The summed E-state index contributed by atoms with van der Waals surface area (Å²) < 4.78 is 2.88. The van der Waals surface area contributed by atoms with Gasteiger partial charge in [0.25, 0.3) is 0 Å². The fourth-order valence-corrected chi connectivity index (χ4v) is 3.00. The van der Waals surface area contributed by atoms with E-state index in [1.54, 1.807) is 0 Å². The van der Waals surface area contributed by atoms with Gasteiger partial charge < -0.3 is 9.55 Å². The van der Waals surface area contributed by atoms with Crippen molar-refractivity contribution in [2.45, 2.75) is 32.2 Å². The van der Waals surface area contributed by atoms with Crippen LogP contribution in [0.4, 0.5) is 0 Å². The maximum absolute atomic E-state index is 9.12. The average molecular weight is 257 g/mol. The molecule has 2 aromatic rings. The maximum atomic E-state index is 9.12. The standard InChI is InChI=1S/C14H15N3S/c1-9(7-10-5-6-10)17-12-4-2-3-11(8-15)13(12)16-14(17)18/h2-4,9-10H,5-7H2,1H3,(H,16,18). The van der Waals surface area contributed by atoms with Crippen LogP contribution in [-0.2, 0) is 0 Å². The van der Waals surface area contributed by atoms with Gasteiger partial charge in [0, 0.05) is 6.04 Å². The molecule has 3 rings (SSSR count). The molecule has 0 saturated heterocycles. The van der Waals surface area contributed by atoms with E-state index >= 15 is 0 Å². The lowest BCUT2D eigenvalue weighted by Gasteiger charge is -2.14. The van der Waals surface area contributed by atoms with Gasteiger partial charge in [0.05, 0.1) is 16.6 Å². The molecule has 3 nitrogen and oxygen atoms in total. The number of nitrogens with one attached hydrogen (secondary N) is 1. The third-order valence-corrected chi connectivity index (χ3v) is 3.98. The first-order valence-electron chi connectivity index (χ1n) is 6.34. The van der Waals surface area contributed by atoms with Gasteiger partial charge in [-0.3, -0.25) is 0 Å². The Morgan fingerprint density at radius 3 is 3.00 bits per heavy atom. The van der Waals surface area contributed by atoms with E-state index in [1.807, 2.05) is 18.2 Å². The molecular formula is C14H15N3S. The number of aromatic amines is 1. The highest BCUT2D eigenvalue weighted by Gasteiger charge is 2.25.